The van der Waals surface area contributed by atoms with Crippen LogP contribution in [-0.2, 0) is 10.0 Å². The Morgan fingerprint density at radius 3 is 2.26 bits per heavy atom. The van der Waals surface area contributed by atoms with Crippen LogP contribution in [0.2, 0.25) is 10.0 Å². The Balaban J connectivity index is 2.24. The molecule has 1 aliphatic carbocycles. The Morgan fingerprint density at radius 2 is 1.84 bits per heavy atom. The minimum Gasteiger partial charge on any atom is -0.389 e. The van der Waals surface area contributed by atoms with Gasteiger partial charge in [-0.3, -0.25) is 0 Å². The fourth-order valence-electron chi connectivity index (χ4n) is 1.85. The van der Waals surface area contributed by atoms with E-state index in [4.69, 9.17) is 23.2 Å². The van der Waals surface area contributed by atoms with E-state index in [-0.39, 0.29) is 21.5 Å². The Kier molecular flexibility index (Phi) is 4.50. The number of nitrogens with one attached hydrogen (secondary N) is 1. The van der Waals surface area contributed by atoms with Gasteiger partial charge in [0.1, 0.15) is 4.90 Å². The van der Waals surface area contributed by atoms with Crippen LogP contribution in [-0.4, -0.2) is 25.7 Å². The lowest BCUT2D eigenvalue weighted by Crippen LogP contribution is -2.47. The molecule has 1 fully saturated rings. The third kappa shape index (κ3) is 3.43. The van der Waals surface area contributed by atoms with Gasteiger partial charge < -0.3 is 5.11 Å². The van der Waals surface area contributed by atoms with Gasteiger partial charge in [-0.15, -0.1) is 0 Å². The van der Waals surface area contributed by atoms with Gasteiger partial charge in [0.2, 0.25) is 10.0 Å². The van der Waals surface area contributed by atoms with Crippen LogP contribution in [0.3, 0.4) is 0 Å². The minimum absolute atomic E-state index is 0.0297. The molecule has 0 amide bonds. The summed E-state index contributed by atoms with van der Waals surface area (Å²) >= 11 is 15.0. The molecule has 2 N–H and O–H groups in total. The van der Waals surface area contributed by atoms with E-state index in [9.17, 15) is 13.5 Å². The van der Waals surface area contributed by atoms with Crippen LogP contribution in [0.1, 0.15) is 19.3 Å². The lowest BCUT2D eigenvalue weighted by Gasteiger charge is -2.36. The highest BCUT2D eigenvalue weighted by Gasteiger charge is 2.36. The molecule has 0 saturated heterocycles. The van der Waals surface area contributed by atoms with Crippen LogP contribution < -0.4 is 4.72 Å². The van der Waals surface area contributed by atoms with Crippen molar-refractivity contribution >= 4 is 49.2 Å². The summed E-state index contributed by atoms with van der Waals surface area (Å²) in [6, 6.07) is 2.92. The summed E-state index contributed by atoms with van der Waals surface area (Å²) in [4.78, 5) is -0.165. The zero-order valence-corrected chi connectivity index (χ0v) is 13.7. The van der Waals surface area contributed by atoms with E-state index >= 15 is 0 Å². The summed E-state index contributed by atoms with van der Waals surface area (Å²) < 4.78 is 27.3. The number of sulfonamides is 1. The fraction of sp³-hybridized carbons (Fsp3) is 0.455. The summed E-state index contributed by atoms with van der Waals surface area (Å²) in [5, 5.41) is 9.97. The third-order valence-corrected chi connectivity index (χ3v) is 5.89. The number of halogens is 3. The van der Waals surface area contributed by atoms with Crippen molar-refractivity contribution in [3.63, 3.8) is 0 Å². The summed E-state index contributed by atoms with van der Waals surface area (Å²) in [7, 11) is -3.84. The van der Waals surface area contributed by atoms with Crippen LogP contribution in [0.15, 0.2) is 21.5 Å². The second-order valence-corrected chi connectivity index (χ2v) is 8.03. The molecule has 0 heterocycles. The first kappa shape index (κ1) is 15.5. The van der Waals surface area contributed by atoms with E-state index in [1.807, 2.05) is 0 Å². The quantitative estimate of drug-likeness (QED) is 0.833. The van der Waals surface area contributed by atoms with E-state index in [1.165, 1.54) is 12.1 Å². The van der Waals surface area contributed by atoms with E-state index in [2.05, 4.69) is 20.7 Å². The first-order valence-electron chi connectivity index (χ1n) is 5.60. The zero-order chi connectivity index (χ0) is 14.3. The Labute approximate surface area is 130 Å². The summed E-state index contributed by atoms with van der Waals surface area (Å²) in [5.41, 5.74) is -0.943. The Hall–Kier alpha value is 0.150. The van der Waals surface area contributed by atoms with Crippen molar-refractivity contribution in [1.29, 1.82) is 0 Å². The molecule has 1 aliphatic rings. The first-order valence-corrected chi connectivity index (χ1v) is 8.63. The van der Waals surface area contributed by atoms with Crippen LogP contribution in [0, 0.1) is 0 Å². The lowest BCUT2D eigenvalue weighted by atomic mass is 9.81. The first-order chi connectivity index (χ1) is 8.73. The number of aliphatic hydroxyl groups is 1. The second kappa shape index (κ2) is 5.50. The molecule has 0 spiro atoms. The van der Waals surface area contributed by atoms with Crippen LogP contribution in [0.4, 0.5) is 0 Å². The maximum atomic E-state index is 12.2. The summed E-state index contributed by atoms with van der Waals surface area (Å²) in [6.07, 6.45) is 2.09. The van der Waals surface area contributed by atoms with Gasteiger partial charge in [-0.1, -0.05) is 39.1 Å². The summed E-state index contributed by atoms with van der Waals surface area (Å²) in [6.45, 7) is -0.0297. The number of rotatable bonds is 4. The largest absolute Gasteiger partial charge is 0.389 e. The maximum Gasteiger partial charge on any atom is 0.243 e. The van der Waals surface area contributed by atoms with E-state index < -0.39 is 15.6 Å². The lowest BCUT2D eigenvalue weighted by molar-refractivity contribution is -0.0270. The van der Waals surface area contributed by atoms with Gasteiger partial charge >= 0.3 is 0 Å². The van der Waals surface area contributed by atoms with Crippen molar-refractivity contribution in [2.75, 3.05) is 6.54 Å². The van der Waals surface area contributed by atoms with E-state index in [0.717, 1.165) is 6.42 Å². The molecule has 19 heavy (non-hydrogen) atoms. The highest BCUT2D eigenvalue weighted by Crippen LogP contribution is 2.34. The van der Waals surface area contributed by atoms with Crippen molar-refractivity contribution in [3.05, 3.63) is 26.7 Å². The van der Waals surface area contributed by atoms with Gasteiger partial charge in [0, 0.05) is 11.0 Å². The number of benzene rings is 1. The average molecular weight is 389 g/mol. The fourth-order valence-corrected chi connectivity index (χ4v) is 4.90. The molecule has 106 valence electrons. The molecule has 0 aliphatic heterocycles. The van der Waals surface area contributed by atoms with Crippen LogP contribution >= 0.6 is 39.1 Å². The number of hydrogen-bond donors (Lipinski definition) is 2. The topological polar surface area (TPSA) is 66.4 Å². The predicted molar refractivity (Wildman–Crippen MR) is 78.2 cm³/mol. The third-order valence-electron chi connectivity index (χ3n) is 3.11. The SMILES string of the molecule is O=S(=O)(NCC1(O)CCC1)c1c(Cl)cc(Br)cc1Cl. The molecule has 1 saturated carbocycles. The van der Waals surface area contributed by atoms with E-state index in [1.54, 1.807) is 0 Å². The van der Waals surface area contributed by atoms with Crippen LogP contribution in [0.25, 0.3) is 0 Å². The minimum atomic E-state index is -3.84. The molecular formula is C11H12BrCl2NO3S. The van der Waals surface area contributed by atoms with Gasteiger partial charge in [0.05, 0.1) is 15.6 Å². The highest BCUT2D eigenvalue weighted by molar-refractivity contribution is 9.10. The zero-order valence-electron chi connectivity index (χ0n) is 9.79. The van der Waals surface area contributed by atoms with Crippen LogP contribution in [0.5, 0.6) is 0 Å². The highest BCUT2D eigenvalue weighted by atomic mass is 79.9. The van der Waals surface area contributed by atoms with Crippen molar-refractivity contribution in [2.45, 2.75) is 29.8 Å². The van der Waals surface area contributed by atoms with Crippen molar-refractivity contribution in [2.24, 2.45) is 0 Å². The Bertz CT molecular complexity index is 579. The monoisotopic (exact) mass is 387 g/mol. The van der Waals surface area contributed by atoms with Gasteiger partial charge in [-0.25, -0.2) is 13.1 Å². The normalized spacial score (nSPS) is 18.1. The second-order valence-electron chi connectivity index (χ2n) is 4.60. The smallest absolute Gasteiger partial charge is 0.243 e. The van der Waals surface area contributed by atoms with Crippen molar-refractivity contribution in [1.82, 2.24) is 4.72 Å². The molecule has 0 radical (unpaired) electrons. The van der Waals surface area contributed by atoms with Crippen molar-refractivity contribution < 1.29 is 13.5 Å². The molecular weight excluding hydrogens is 377 g/mol. The Morgan fingerprint density at radius 1 is 1.32 bits per heavy atom. The number of hydrogen-bond acceptors (Lipinski definition) is 3. The van der Waals surface area contributed by atoms with Gasteiger partial charge in [0.25, 0.3) is 0 Å². The summed E-state index contributed by atoms with van der Waals surface area (Å²) in [5.74, 6) is 0. The molecule has 2 rings (SSSR count). The predicted octanol–water partition coefficient (Wildman–Crippen LogP) is 2.95. The average Bonchev–Trinajstić information content (AvgIpc) is 2.22. The van der Waals surface area contributed by atoms with E-state index in [0.29, 0.717) is 17.3 Å². The molecule has 0 aromatic heterocycles. The van der Waals surface area contributed by atoms with Crippen molar-refractivity contribution in [3.8, 4) is 0 Å². The maximum absolute atomic E-state index is 12.2. The molecule has 0 unspecified atom stereocenters. The molecule has 0 bridgehead atoms. The molecule has 1 aromatic carbocycles. The molecule has 1 aromatic rings. The van der Waals surface area contributed by atoms with Gasteiger partial charge in [0.15, 0.2) is 0 Å². The van der Waals surface area contributed by atoms with Gasteiger partial charge in [-0.2, -0.15) is 0 Å². The standard InChI is InChI=1S/C11H12BrCl2NO3S/c12-7-4-8(13)10(9(14)5-7)19(17,18)15-6-11(16)2-1-3-11/h4-5,15-16H,1-3,6H2. The molecule has 8 heteroatoms. The van der Waals surface area contributed by atoms with Gasteiger partial charge in [-0.05, 0) is 31.4 Å². The molecule has 4 nitrogen and oxygen atoms in total. The molecule has 0 atom stereocenters.